The summed E-state index contributed by atoms with van der Waals surface area (Å²) in [6, 6.07) is 12.6. The van der Waals surface area contributed by atoms with Gasteiger partial charge in [0, 0.05) is 43.1 Å². The summed E-state index contributed by atoms with van der Waals surface area (Å²) in [7, 11) is 2.11. The minimum absolute atomic E-state index is 0.967. The first-order valence-corrected chi connectivity index (χ1v) is 7.01. The zero-order valence-corrected chi connectivity index (χ0v) is 11.7. The van der Waals surface area contributed by atoms with Crippen LogP contribution in [0.2, 0.25) is 0 Å². The van der Waals surface area contributed by atoms with Crippen molar-refractivity contribution in [1.29, 1.82) is 0 Å². The molecule has 0 spiro atoms. The van der Waals surface area contributed by atoms with Gasteiger partial charge in [0.05, 0.1) is 5.69 Å². The van der Waals surface area contributed by atoms with Crippen LogP contribution in [0.15, 0.2) is 55.0 Å². The molecule has 0 aliphatic heterocycles. The lowest BCUT2D eigenvalue weighted by molar-refractivity contribution is 0.857. The van der Waals surface area contributed by atoms with Crippen molar-refractivity contribution in [3.8, 4) is 0 Å². The van der Waals surface area contributed by atoms with Gasteiger partial charge in [-0.3, -0.25) is 4.98 Å². The minimum atomic E-state index is 0.967. The lowest BCUT2D eigenvalue weighted by atomic mass is 10.1. The summed E-state index contributed by atoms with van der Waals surface area (Å²) in [6.45, 7) is 0.967. The lowest BCUT2D eigenvalue weighted by Gasteiger charge is -2.05. The summed E-state index contributed by atoms with van der Waals surface area (Å²) in [6.07, 6.45) is 8.10. The molecule has 20 heavy (non-hydrogen) atoms. The molecule has 0 fully saturated rings. The van der Waals surface area contributed by atoms with Gasteiger partial charge >= 0.3 is 0 Å². The highest BCUT2D eigenvalue weighted by Gasteiger charge is 2.05. The van der Waals surface area contributed by atoms with Crippen LogP contribution in [0, 0.1) is 0 Å². The second-order valence-electron chi connectivity index (χ2n) is 5.05. The molecule has 1 N–H and O–H groups in total. The molecule has 1 aromatic carbocycles. The summed E-state index contributed by atoms with van der Waals surface area (Å²) in [4.78, 5) is 4.10. The van der Waals surface area contributed by atoms with Crippen molar-refractivity contribution in [2.75, 3.05) is 11.9 Å². The Bertz CT molecular complexity index is 686. The van der Waals surface area contributed by atoms with E-state index < -0.39 is 0 Å². The van der Waals surface area contributed by atoms with Crippen molar-refractivity contribution >= 4 is 16.6 Å². The molecule has 3 nitrogen and oxygen atoms in total. The number of anilines is 1. The summed E-state index contributed by atoms with van der Waals surface area (Å²) >= 11 is 0. The second-order valence-corrected chi connectivity index (χ2v) is 5.05. The summed E-state index contributed by atoms with van der Waals surface area (Å²) in [5.41, 5.74) is 3.82. The van der Waals surface area contributed by atoms with Gasteiger partial charge in [0.25, 0.3) is 0 Å². The van der Waals surface area contributed by atoms with Crippen LogP contribution >= 0.6 is 0 Å². The van der Waals surface area contributed by atoms with Gasteiger partial charge in [-0.1, -0.05) is 18.2 Å². The predicted molar refractivity (Wildman–Crippen MR) is 84.0 cm³/mol. The van der Waals surface area contributed by atoms with E-state index in [0.29, 0.717) is 0 Å². The first-order valence-electron chi connectivity index (χ1n) is 7.01. The van der Waals surface area contributed by atoms with E-state index in [-0.39, 0.29) is 0 Å². The Morgan fingerprint density at radius 1 is 1.15 bits per heavy atom. The van der Waals surface area contributed by atoms with Gasteiger partial charge < -0.3 is 9.88 Å². The Morgan fingerprint density at radius 3 is 2.90 bits per heavy atom. The Labute approximate surface area is 119 Å². The van der Waals surface area contributed by atoms with E-state index in [4.69, 9.17) is 0 Å². The number of para-hydroxylation sites is 1. The average Bonchev–Trinajstić information content (AvgIpc) is 2.82. The molecule has 2 heterocycles. The van der Waals surface area contributed by atoms with Gasteiger partial charge in [0.15, 0.2) is 0 Å². The molecule has 0 unspecified atom stereocenters. The third-order valence-corrected chi connectivity index (χ3v) is 3.59. The van der Waals surface area contributed by atoms with Crippen molar-refractivity contribution in [2.24, 2.45) is 7.05 Å². The van der Waals surface area contributed by atoms with E-state index in [1.165, 1.54) is 16.5 Å². The Morgan fingerprint density at radius 2 is 2.05 bits per heavy atom. The molecule has 0 atom stereocenters. The van der Waals surface area contributed by atoms with E-state index in [2.05, 4.69) is 52.4 Å². The molecule has 0 bridgehead atoms. The van der Waals surface area contributed by atoms with Crippen LogP contribution in [0.3, 0.4) is 0 Å². The minimum Gasteiger partial charge on any atom is -0.384 e. The first kappa shape index (κ1) is 12.7. The largest absolute Gasteiger partial charge is 0.384 e. The van der Waals surface area contributed by atoms with Crippen LogP contribution in [0.5, 0.6) is 0 Å². The molecule has 3 heteroatoms. The number of nitrogens with zero attached hydrogens (tertiary/aromatic N) is 2. The fraction of sp³-hybridized carbons (Fsp3) is 0.235. The molecule has 0 amide bonds. The van der Waals surface area contributed by atoms with Crippen LogP contribution in [-0.4, -0.2) is 16.1 Å². The fourth-order valence-electron chi connectivity index (χ4n) is 2.60. The SMILES string of the molecule is Cn1cc(CCCNc2cccnc2)c2ccccc21. The maximum Gasteiger partial charge on any atom is 0.0526 e. The Kier molecular flexibility index (Phi) is 3.68. The van der Waals surface area contributed by atoms with Crippen molar-refractivity contribution < 1.29 is 0 Å². The maximum absolute atomic E-state index is 4.10. The number of benzene rings is 1. The number of hydrogen-bond donors (Lipinski definition) is 1. The first-order chi connectivity index (χ1) is 9.84. The number of aromatic nitrogens is 2. The number of pyridine rings is 1. The average molecular weight is 265 g/mol. The second kappa shape index (κ2) is 5.78. The number of nitrogens with one attached hydrogen (secondary N) is 1. The summed E-state index contributed by atoms with van der Waals surface area (Å²) < 4.78 is 2.21. The summed E-state index contributed by atoms with van der Waals surface area (Å²) in [5, 5.41) is 4.77. The molecular formula is C17H19N3. The highest BCUT2D eigenvalue weighted by atomic mass is 14.9. The molecule has 0 saturated carbocycles. The molecule has 2 aromatic heterocycles. The zero-order valence-electron chi connectivity index (χ0n) is 11.7. The van der Waals surface area contributed by atoms with Gasteiger partial charge in [0.2, 0.25) is 0 Å². The molecule has 3 rings (SSSR count). The lowest BCUT2D eigenvalue weighted by Crippen LogP contribution is -2.02. The fourth-order valence-corrected chi connectivity index (χ4v) is 2.60. The molecule has 0 aliphatic rings. The maximum atomic E-state index is 4.10. The number of aryl methyl sites for hydroxylation is 2. The zero-order chi connectivity index (χ0) is 13.8. The van der Waals surface area contributed by atoms with Crippen molar-refractivity contribution in [3.05, 3.63) is 60.6 Å². The van der Waals surface area contributed by atoms with Gasteiger partial charge in [0.1, 0.15) is 0 Å². The van der Waals surface area contributed by atoms with Crippen LogP contribution in [-0.2, 0) is 13.5 Å². The summed E-state index contributed by atoms with van der Waals surface area (Å²) in [5.74, 6) is 0. The molecule has 0 aliphatic carbocycles. The number of fused-ring (bicyclic) bond motifs is 1. The molecule has 3 aromatic rings. The van der Waals surface area contributed by atoms with Gasteiger partial charge in [-0.25, -0.2) is 0 Å². The number of hydrogen-bond acceptors (Lipinski definition) is 2. The van der Waals surface area contributed by atoms with E-state index in [1.54, 1.807) is 6.20 Å². The molecular weight excluding hydrogens is 246 g/mol. The van der Waals surface area contributed by atoms with Crippen LogP contribution < -0.4 is 5.32 Å². The van der Waals surface area contributed by atoms with E-state index in [9.17, 15) is 0 Å². The smallest absolute Gasteiger partial charge is 0.0526 e. The van der Waals surface area contributed by atoms with Gasteiger partial charge in [-0.05, 0) is 36.6 Å². The monoisotopic (exact) mass is 265 g/mol. The molecule has 0 radical (unpaired) electrons. The van der Waals surface area contributed by atoms with Gasteiger partial charge in [-0.15, -0.1) is 0 Å². The van der Waals surface area contributed by atoms with Crippen molar-refractivity contribution in [2.45, 2.75) is 12.8 Å². The van der Waals surface area contributed by atoms with Crippen molar-refractivity contribution in [3.63, 3.8) is 0 Å². The van der Waals surface area contributed by atoms with Gasteiger partial charge in [-0.2, -0.15) is 0 Å². The quantitative estimate of drug-likeness (QED) is 0.714. The van der Waals surface area contributed by atoms with E-state index in [0.717, 1.165) is 25.1 Å². The van der Waals surface area contributed by atoms with E-state index in [1.807, 2.05) is 18.3 Å². The third-order valence-electron chi connectivity index (χ3n) is 3.59. The highest BCUT2D eigenvalue weighted by molar-refractivity contribution is 5.83. The Balaban J connectivity index is 1.60. The van der Waals surface area contributed by atoms with Crippen LogP contribution in [0.4, 0.5) is 5.69 Å². The number of rotatable bonds is 5. The third kappa shape index (κ3) is 2.67. The molecule has 0 saturated heterocycles. The van der Waals surface area contributed by atoms with E-state index >= 15 is 0 Å². The van der Waals surface area contributed by atoms with Crippen molar-refractivity contribution in [1.82, 2.24) is 9.55 Å². The highest BCUT2D eigenvalue weighted by Crippen LogP contribution is 2.21. The topological polar surface area (TPSA) is 29.9 Å². The van der Waals surface area contributed by atoms with Crippen LogP contribution in [0.25, 0.3) is 10.9 Å². The van der Waals surface area contributed by atoms with Crippen LogP contribution in [0.1, 0.15) is 12.0 Å². The standard InChI is InChI=1S/C17H19N3/c1-20-13-14(16-8-2-3-9-17(16)20)6-4-11-19-15-7-5-10-18-12-15/h2-3,5,7-10,12-13,19H,4,6,11H2,1H3. The predicted octanol–water partition coefficient (Wildman–Crippen LogP) is 3.62. The normalized spacial score (nSPS) is 10.8. The molecule has 102 valence electrons. The Hall–Kier alpha value is -2.29.